The molecule has 0 saturated carbocycles. The minimum Gasteiger partial charge on any atom is -0.343 e. The molecule has 2 aromatic rings. The Morgan fingerprint density at radius 1 is 1.04 bits per heavy atom. The monoisotopic (exact) mass is 414 g/mol. The summed E-state index contributed by atoms with van der Waals surface area (Å²) in [6, 6.07) is 9.23. The van der Waals surface area contributed by atoms with Gasteiger partial charge in [0.05, 0.1) is 22.8 Å². The summed E-state index contributed by atoms with van der Waals surface area (Å²) in [5.74, 6) is -1.43. The van der Waals surface area contributed by atoms with Crippen molar-refractivity contribution in [1.82, 2.24) is 5.32 Å². The van der Waals surface area contributed by atoms with Crippen LogP contribution in [0.3, 0.4) is 0 Å². The van der Waals surface area contributed by atoms with Gasteiger partial charge in [-0.15, -0.1) is 0 Å². The number of alkyl halides is 3. The van der Waals surface area contributed by atoms with Gasteiger partial charge in [0.25, 0.3) is 5.91 Å². The zero-order valence-corrected chi connectivity index (χ0v) is 15.5. The first-order valence-corrected chi connectivity index (χ1v) is 9.76. The molecule has 150 valence electrons. The quantitative estimate of drug-likeness (QED) is 0.760. The van der Waals surface area contributed by atoms with Gasteiger partial charge in [-0.25, -0.2) is 8.42 Å². The third-order valence-electron chi connectivity index (χ3n) is 3.74. The third-order valence-corrected chi connectivity index (χ3v) is 5.47. The number of halogens is 3. The lowest BCUT2D eigenvalue weighted by molar-refractivity contribution is -0.137. The molecule has 10 heteroatoms. The molecule has 2 amide bonds. The van der Waals surface area contributed by atoms with E-state index in [4.69, 9.17) is 0 Å². The van der Waals surface area contributed by atoms with Gasteiger partial charge < -0.3 is 10.6 Å². The van der Waals surface area contributed by atoms with E-state index in [1.165, 1.54) is 31.2 Å². The Balaban J connectivity index is 1.95. The Hall–Kier alpha value is -2.88. The first-order chi connectivity index (χ1) is 13.0. The summed E-state index contributed by atoms with van der Waals surface area (Å²) in [4.78, 5) is 23.9. The van der Waals surface area contributed by atoms with Gasteiger partial charge in [-0.1, -0.05) is 13.0 Å². The van der Waals surface area contributed by atoms with Gasteiger partial charge in [-0.2, -0.15) is 13.2 Å². The van der Waals surface area contributed by atoms with E-state index in [1.54, 1.807) is 0 Å². The van der Waals surface area contributed by atoms with Crippen LogP contribution in [-0.2, 0) is 20.8 Å². The molecule has 0 aliphatic heterocycles. The fourth-order valence-electron chi connectivity index (χ4n) is 2.21. The van der Waals surface area contributed by atoms with Crippen LogP contribution in [-0.4, -0.2) is 32.5 Å². The number of anilines is 1. The number of carbonyl (C=O) groups is 2. The molecule has 0 saturated heterocycles. The Labute approximate surface area is 159 Å². The lowest BCUT2D eigenvalue weighted by Gasteiger charge is -2.10. The molecule has 6 nitrogen and oxygen atoms in total. The lowest BCUT2D eigenvalue weighted by Crippen LogP contribution is -2.32. The normalized spacial score (nSPS) is 11.7. The van der Waals surface area contributed by atoms with E-state index in [1.807, 2.05) is 0 Å². The topological polar surface area (TPSA) is 92.3 Å². The van der Waals surface area contributed by atoms with Crippen LogP contribution in [0.15, 0.2) is 53.4 Å². The predicted molar refractivity (Wildman–Crippen MR) is 96.6 cm³/mol. The van der Waals surface area contributed by atoms with Crippen LogP contribution in [0.5, 0.6) is 0 Å². The van der Waals surface area contributed by atoms with Crippen molar-refractivity contribution in [3.05, 3.63) is 59.7 Å². The maximum Gasteiger partial charge on any atom is 0.416 e. The van der Waals surface area contributed by atoms with E-state index in [2.05, 4.69) is 10.6 Å². The van der Waals surface area contributed by atoms with Crippen molar-refractivity contribution < 1.29 is 31.2 Å². The van der Waals surface area contributed by atoms with Crippen LogP contribution in [0.25, 0.3) is 0 Å². The summed E-state index contributed by atoms with van der Waals surface area (Å²) in [6.45, 7) is 1.06. The average Bonchev–Trinajstić information content (AvgIpc) is 2.65. The molecule has 0 aliphatic carbocycles. The highest BCUT2D eigenvalue weighted by Gasteiger charge is 2.30. The number of nitrogens with one attached hydrogen (secondary N) is 2. The molecule has 28 heavy (non-hydrogen) atoms. The van der Waals surface area contributed by atoms with Gasteiger partial charge in [0.15, 0.2) is 9.84 Å². The molecule has 0 heterocycles. The van der Waals surface area contributed by atoms with Crippen molar-refractivity contribution in [2.75, 3.05) is 17.6 Å². The Kier molecular flexibility index (Phi) is 6.45. The molecule has 0 radical (unpaired) electrons. The molecule has 0 spiro atoms. The Bertz CT molecular complexity index is 971. The van der Waals surface area contributed by atoms with Crippen molar-refractivity contribution in [1.29, 1.82) is 0 Å². The zero-order valence-electron chi connectivity index (χ0n) is 14.7. The molecule has 0 unspecified atom stereocenters. The van der Waals surface area contributed by atoms with Gasteiger partial charge in [0.2, 0.25) is 5.91 Å². The summed E-state index contributed by atoms with van der Waals surface area (Å²) < 4.78 is 61.3. The molecule has 2 N–H and O–H groups in total. The molecular formula is C18H17F3N2O4S. The number of benzene rings is 2. The van der Waals surface area contributed by atoms with E-state index in [9.17, 15) is 31.2 Å². The van der Waals surface area contributed by atoms with Crippen molar-refractivity contribution in [3.63, 3.8) is 0 Å². The van der Waals surface area contributed by atoms with Crippen molar-refractivity contribution in [2.24, 2.45) is 0 Å². The maximum absolute atomic E-state index is 12.5. The zero-order chi connectivity index (χ0) is 20.9. The van der Waals surface area contributed by atoms with E-state index in [-0.39, 0.29) is 21.9 Å². The molecule has 0 atom stereocenters. The first-order valence-electron chi connectivity index (χ1n) is 8.11. The fraction of sp³-hybridized carbons (Fsp3) is 0.222. The highest BCUT2D eigenvalue weighted by atomic mass is 32.2. The number of amides is 2. The fourth-order valence-corrected chi connectivity index (χ4v) is 3.14. The van der Waals surface area contributed by atoms with Crippen LogP contribution >= 0.6 is 0 Å². The lowest BCUT2D eigenvalue weighted by atomic mass is 10.1. The molecule has 2 aromatic carbocycles. The van der Waals surface area contributed by atoms with E-state index in [0.29, 0.717) is 0 Å². The van der Waals surface area contributed by atoms with E-state index >= 15 is 0 Å². The number of hydrogen-bond donors (Lipinski definition) is 2. The van der Waals surface area contributed by atoms with Gasteiger partial charge in [-0.3, -0.25) is 9.59 Å². The van der Waals surface area contributed by atoms with Crippen LogP contribution < -0.4 is 10.6 Å². The molecule has 0 bridgehead atoms. The van der Waals surface area contributed by atoms with Crippen molar-refractivity contribution in [3.8, 4) is 0 Å². The SMILES string of the molecule is CCS(=O)(=O)c1cccc(NC(=O)CNC(=O)c2ccc(C(F)(F)F)cc2)c1. The third kappa shape index (κ3) is 5.56. The number of sulfone groups is 1. The van der Waals surface area contributed by atoms with Crippen LogP contribution in [0, 0.1) is 0 Å². The molecule has 0 aliphatic rings. The summed E-state index contributed by atoms with van der Waals surface area (Å²) in [6.07, 6.45) is -4.51. The molecular weight excluding hydrogens is 397 g/mol. The van der Waals surface area contributed by atoms with Gasteiger partial charge in [0, 0.05) is 11.3 Å². The summed E-state index contributed by atoms with van der Waals surface area (Å²) in [5.41, 5.74) is -0.677. The van der Waals surface area contributed by atoms with E-state index < -0.39 is 39.9 Å². The van der Waals surface area contributed by atoms with Crippen LogP contribution in [0.1, 0.15) is 22.8 Å². The summed E-state index contributed by atoms with van der Waals surface area (Å²) >= 11 is 0. The van der Waals surface area contributed by atoms with Gasteiger partial charge >= 0.3 is 6.18 Å². The smallest absolute Gasteiger partial charge is 0.343 e. The second kappa shape index (κ2) is 8.42. The number of carbonyl (C=O) groups excluding carboxylic acids is 2. The Morgan fingerprint density at radius 3 is 2.25 bits per heavy atom. The minimum atomic E-state index is -4.51. The second-order valence-corrected chi connectivity index (χ2v) is 8.02. The standard InChI is InChI=1S/C18H17F3N2O4S/c1-2-28(26,27)15-5-3-4-14(10-15)23-16(24)11-22-17(25)12-6-8-13(9-7-12)18(19,20)21/h3-10H,2,11H2,1H3,(H,22,25)(H,23,24). The first kappa shape index (κ1) is 21.4. The highest BCUT2D eigenvalue weighted by molar-refractivity contribution is 7.91. The van der Waals surface area contributed by atoms with Crippen molar-refractivity contribution >= 4 is 27.3 Å². The minimum absolute atomic E-state index is 0.0307. The van der Waals surface area contributed by atoms with Crippen molar-refractivity contribution in [2.45, 2.75) is 18.0 Å². The van der Waals surface area contributed by atoms with Crippen LogP contribution in [0.2, 0.25) is 0 Å². The van der Waals surface area contributed by atoms with Crippen LogP contribution in [0.4, 0.5) is 18.9 Å². The molecule has 0 aromatic heterocycles. The molecule has 2 rings (SSSR count). The number of hydrogen-bond acceptors (Lipinski definition) is 4. The number of rotatable bonds is 6. The Morgan fingerprint density at radius 2 is 1.68 bits per heavy atom. The largest absolute Gasteiger partial charge is 0.416 e. The summed E-state index contributed by atoms with van der Waals surface area (Å²) in [7, 11) is -3.43. The maximum atomic E-state index is 12.5. The van der Waals surface area contributed by atoms with Gasteiger partial charge in [-0.05, 0) is 42.5 Å². The van der Waals surface area contributed by atoms with Gasteiger partial charge in [0.1, 0.15) is 0 Å². The average molecular weight is 414 g/mol. The highest BCUT2D eigenvalue weighted by Crippen LogP contribution is 2.29. The second-order valence-electron chi connectivity index (χ2n) is 5.74. The predicted octanol–water partition coefficient (Wildman–Crippen LogP) is 2.87. The molecule has 0 fully saturated rings. The van der Waals surface area contributed by atoms with E-state index in [0.717, 1.165) is 24.3 Å². The summed E-state index contributed by atoms with van der Waals surface area (Å²) in [5, 5.41) is 4.73.